The van der Waals surface area contributed by atoms with Crippen molar-refractivity contribution in [1.29, 1.82) is 0 Å². The van der Waals surface area contributed by atoms with Gasteiger partial charge in [0.1, 0.15) is 5.69 Å². The van der Waals surface area contributed by atoms with Gasteiger partial charge in [-0.3, -0.25) is 9.78 Å². The van der Waals surface area contributed by atoms with Gasteiger partial charge in [-0.2, -0.15) is 0 Å². The molecule has 0 aliphatic carbocycles. The van der Waals surface area contributed by atoms with Crippen molar-refractivity contribution in [1.82, 2.24) is 24.9 Å². The first-order valence-corrected chi connectivity index (χ1v) is 8.83. The number of carbonyl (C=O) groups excluding carboxylic acids is 1. The van der Waals surface area contributed by atoms with Crippen LogP contribution in [-0.2, 0) is 6.54 Å². The number of amides is 1. The number of aliphatic hydroxyl groups is 1. The Hall–Kier alpha value is -2.80. The highest BCUT2D eigenvalue weighted by molar-refractivity contribution is 6.07. The van der Waals surface area contributed by atoms with Gasteiger partial charge in [-0.05, 0) is 42.8 Å². The average Bonchev–Trinajstić information content (AvgIpc) is 3.29. The lowest BCUT2D eigenvalue weighted by Crippen LogP contribution is -2.31. The van der Waals surface area contributed by atoms with Gasteiger partial charge < -0.3 is 10.0 Å². The van der Waals surface area contributed by atoms with Gasteiger partial charge in [-0.15, -0.1) is 5.10 Å². The molecule has 0 radical (unpaired) electrons. The van der Waals surface area contributed by atoms with Gasteiger partial charge in [-0.1, -0.05) is 11.3 Å². The van der Waals surface area contributed by atoms with Crippen LogP contribution in [0.3, 0.4) is 0 Å². The van der Waals surface area contributed by atoms with Crippen molar-refractivity contribution in [2.24, 2.45) is 0 Å². The smallest absolute Gasteiger partial charge is 0.255 e. The molecule has 4 rings (SSSR count). The molecular weight excluding hydrogens is 330 g/mol. The fraction of sp³-hybridized carbons (Fsp3) is 0.368. The Morgan fingerprint density at radius 3 is 3.12 bits per heavy atom. The number of aryl methyl sites for hydroxylation is 1. The number of aromatic nitrogens is 4. The predicted molar refractivity (Wildman–Crippen MR) is 96.6 cm³/mol. The fourth-order valence-electron chi connectivity index (χ4n) is 3.68. The maximum atomic E-state index is 13.3. The molecule has 0 spiro atoms. The Morgan fingerprint density at radius 2 is 2.27 bits per heavy atom. The van der Waals surface area contributed by atoms with E-state index in [2.05, 4.69) is 21.4 Å². The van der Waals surface area contributed by atoms with Crippen LogP contribution in [-0.4, -0.2) is 49.0 Å². The lowest BCUT2D eigenvalue weighted by molar-refractivity contribution is 0.0734. The standard InChI is InChI=1S/C19H21N5O2/c1-13-9-14-4-5-20-11-16(14)15(10-13)19(26)24-6-2-3-18(24)17-12-23(7-8-25)22-21-17/h4-5,9-12,18,25H,2-3,6-8H2,1H3. The van der Waals surface area contributed by atoms with Crippen LogP contribution < -0.4 is 0 Å². The summed E-state index contributed by atoms with van der Waals surface area (Å²) in [7, 11) is 0. The van der Waals surface area contributed by atoms with Crippen molar-refractivity contribution in [3.8, 4) is 0 Å². The Labute approximate surface area is 151 Å². The van der Waals surface area contributed by atoms with E-state index in [1.165, 1.54) is 0 Å². The van der Waals surface area contributed by atoms with Crippen LogP contribution in [0, 0.1) is 6.92 Å². The molecule has 134 valence electrons. The van der Waals surface area contributed by atoms with Crippen LogP contribution in [0.1, 0.15) is 40.5 Å². The van der Waals surface area contributed by atoms with Gasteiger partial charge in [0, 0.05) is 29.9 Å². The normalized spacial score (nSPS) is 17.2. The number of carbonyl (C=O) groups is 1. The van der Waals surface area contributed by atoms with Gasteiger partial charge in [-0.25, -0.2) is 4.68 Å². The highest BCUT2D eigenvalue weighted by Crippen LogP contribution is 2.33. The molecule has 2 aromatic heterocycles. The zero-order valence-corrected chi connectivity index (χ0v) is 14.7. The molecule has 1 N–H and O–H groups in total. The maximum absolute atomic E-state index is 13.3. The summed E-state index contributed by atoms with van der Waals surface area (Å²) in [6, 6.07) is 5.85. The molecule has 0 bridgehead atoms. The summed E-state index contributed by atoms with van der Waals surface area (Å²) in [5, 5.41) is 19.2. The Morgan fingerprint density at radius 1 is 1.38 bits per heavy atom. The third kappa shape index (κ3) is 2.94. The lowest BCUT2D eigenvalue weighted by Gasteiger charge is -2.24. The summed E-state index contributed by atoms with van der Waals surface area (Å²) in [5.74, 6) is 0.00547. The number of nitrogens with zero attached hydrogens (tertiary/aromatic N) is 5. The van der Waals surface area contributed by atoms with E-state index in [0.29, 0.717) is 18.7 Å². The molecule has 1 amide bonds. The molecule has 26 heavy (non-hydrogen) atoms. The molecule has 1 aliphatic heterocycles. The number of rotatable bonds is 4. The Balaban J connectivity index is 1.69. The number of hydrogen-bond acceptors (Lipinski definition) is 5. The quantitative estimate of drug-likeness (QED) is 0.778. The van der Waals surface area contributed by atoms with E-state index in [9.17, 15) is 4.79 Å². The second-order valence-electron chi connectivity index (χ2n) is 6.70. The largest absolute Gasteiger partial charge is 0.394 e. The van der Waals surface area contributed by atoms with Gasteiger partial charge in [0.2, 0.25) is 0 Å². The van der Waals surface area contributed by atoms with Crippen molar-refractivity contribution in [3.05, 3.63) is 53.6 Å². The van der Waals surface area contributed by atoms with Crippen LogP contribution >= 0.6 is 0 Å². The van der Waals surface area contributed by atoms with Crippen LogP contribution in [0.5, 0.6) is 0 Å². The summed E-state index contributed by atoms with van der Waals surface area (Å²) in [6.45, 7) is 3.12. The first-order valence-electron chi connectivity index (χ1n) is 8.83. The van der Waals surface area contributed by atoms with Crippen LogP contribution in [0.15, 0.2) is 36.8 Å². The molecule has 7 nitrogen and oxygen atoms in total. The van der Waals surface area contributed by atoms with Crippen molar-refractivity contribution in [2.45, 2.75) is 32.4 Å². The summed E-state index contributed by atoms with van der Waals surface area (Å²) >= 11 is 0. The average molecular weight is 351 g/mol. The van der Waals surface area contributed by atoms with E-state index >= 15 is 0 Å². The first kappa shape index (κ1) is 16.7. The predicted octanol–water partition coefficient (Wildman–Crippen LogP) is 2.10. The van der Waals surface area contributed by atoms with Crippen molar-refractivity contribution in [3.63, 3.8) is 0 Å². The topological polar surface area (TPSA) is 84.1 Å². The SMILES string of the molecule is Cc1cc(C(=O)N2CCCC2c2cn(CCO)nn2)c2cnccc2c1. The molecule has 1 fully saturated rings. The molecular formula is C19H21N5O2. The van der Waals surface area contributed by atoms with E-state index in [1.807, 2.05) is 30.2 Å². The molecule has 3 heterocycles. The summed E-state index contributed by atoms with van der Waals surface area (Å²) in [6.07, 6.45) is 7.12. The highest BCUT2D eigenvalue weighted by atomic mass is 16.3. The molecule has 3 aromatic rings. The summed E-state index contributed by atoms with van der Waals surface area (Å²) in [5.41, 5.74) is 2.51. The molecule has 7 heteroatoms. The van der Waals surface area contributed by atoms with E-state index in [0.717, 1.165) is 34.9 Å². The number of hydrogen-bond donors (Lipinski definition) is 1. The molecule has 1 saturated heterocycles. The summed E-state index contributed by atoms with van der Waals surface area (Å²) in [4.78, 5) is 19.4. The van der Waals surface area contributed by atoms with Crippen molar-refractivity contribution < 1.29 is 9.90 Å². The van der Waals surface area contributed by atoms with Crippen molar-refractivity contribution in [2.75, 3.05) is 13.2 Å². The number of fused-ring (bicyclic) bond motifs is 1. The monoisotopic (exact) mass is 351 g/mol. The molecule has 1 atom stereocenters. The molecule has 1 aliphatic rings. The third-order valence-corrected chi connectivity index (χ3v) is 4.87. The van der Waals surface area contributed by atoms with Crippen molar-refractivity contribution >= 4 is 16.7 Å². The zero-order chi connectivity index (χ0) is 18.1. The second-order valence-corrected chi connectivity index (χ2v) is 6.70. The highest BCUT2D eigenvalue weighted by Gasteiger charge is 2.33. The number of likely N-dealkylation sites (tertiary alicyclic amines) is 1. The molecule has 1 unspecified atom stereocenters. The minimum absolute atomic E-state index is 0.00547. The van der Waals surface area contributed by atoms with Crippen LogP contribution in [0.25, 0.3) is 10.8 Å². The van der Waals surface area contributed by atoms with E-state index < -0.39 is 0 Å². The van der Waals surface area contributed by atoms with E-state index in [-0.39, 0.29) is 18.6 Å². The van der Waals surface area contributed by atoms with Gasteiger partial charge >= 0.3 is 0 Å². The minimum Gasteiger partial charge on any atom is -0.394 e. The Kier molecular flexibility index (Phi) is 4.38. The molecule has 1 aromatic carbocycles. The fourth-order valence-corrected chi connectivity index (χ4v) is 3.68. The zero-order valence-electron chi connectivity index (χ0n) is 14.7. The molecule has 0 saturated carbocycles. The number of benzene rings is 1. The van der Waals surface area contributed by atoms with Crippen LogP contribution in [0.4, 0.5) is 0 Å². The minimum atomic E-state index is -0.0813. The van der Waals surface area contributed by atoms with Gasteiger partial charge in [0.05, 0.1) is 25.4 Å². The first-order chi connectivity index (χ1) is 12.7. The van der Waals surface area contributed by atoms with Gasteiger partial charge in [0.25, 0.3) is 5.91 Å². The second kappa shape index (κ2) is 6.84. The number of aliphatic hydroxyl groups excluding tert-OH is 1. The maximum Gasteiger partial charge on any atom is 0.255 e. The summed E-state index contributed by atoms with van der Waals surface area (Å²) < 4.78 is 1.61. The lowest BCUT2D eigenvalue weighted by atomic mass is 10.0. The number of pyridine rings is 1. The third-order valence-electron chi connectivity index (χ3n) is 4.87. The van der Waals surface area contributed by atoms with E-state index in [4.69, 9.17) is 5.11 Å². The Bertz CT molecular complexity index is 952. The van der Waals surface area contributed by atoms with E-state index in [1.54, 1.807) is 17.1 Å². The van der Waals surface area contributed by atoms with Gasteiger partial charge in [0.15, 0.2) is 0 Å². The van der Waals surface area contributed by atoms with Crippen LogP contribution in [0.2, 0.25) is 0 Å².